The Hall–Kier alpha value is -3.34. The number of rotatable bonds is 5. The summed E-state index contributed by atoms with van der Waals surface area (Å²) in [7, 11) is -2.14. The third kappa shape index (κ3) is 3.34. The number of nitrogens with zero attached hydrogens (tertiary/aromatic N) is 1. The average molecular weight is 431 g/mol. The lowest BCUT2D eigenvalue weighted by atomic mass is 10.1. The van der Waals surface area contributed by atoms with Crippen LogP contribution in [-0.2, 0) is 9.09 Å². The Bertz CT molecular complexity index is 1410. The number of benzene rings is 3. The zero-order valence-corrected chi connectivity index (χ0v) is 18.4. The van der Waals surface area contributed by atoms with Gasteiger partial charge in [-0.15, -0.1) is 0 Å². The largest absolute Gasteiger partial charge is 0.421 e. The van der Waals surface area contributed by atoms with E-state index in [0.29, 0.717) is 11.1 Å². The van der Waals surface area contributed by atoms with Crippen molar-refractivity contribution in [2.45, 2.75) is 13.8 Å². The van der Waals surface area contributed by atoms with Crippen LogP contribution in [0.25, 0.3) is 33.2 Å². The van der Waals surface area contributed by atoms with E-state index in [1.807, 2.05) is 62.4 Å². The molecule has 2 N–H and O–H groups in total. The van der Waals surface area contributed by atoms with Gasteiger partial charge in [-0.3, -0.25) is 9.62 Å². The number of H-pyrrole nitrogens is 2. The molecule has 0 fully saturated rings. The van der Waals surface area contributed by atoms with E-state index in [4.69, 9.17) is 9.05 Å². The van der Waals surface area contributed by atoms with Crippen LogP contribution >= 0.6 is 7.60 Å². The van der Waals surface area contributed by atoms with Crippen molar-refractivity contribution in [2.24, 2.45) is 0 Å². The molecule has 0 spiro atoms. The molecule has 156 valence electrons. The Morgan fingerprint density at radius 3 is 2.42 bits per heavy atom. The molecule has 7 heteroatoms. The molecule has 0 aliphatic rings. The summed E-state index contributed by atoms with van der Waals surface area (Å²) < 4.78 is 25.1. The minimum absolute atomic E-state index is 0.457. The molecule has 5 aromatic rings. The van der Waals surface area contributed by atoms with Crippen LogP contribution in [0.2, 0.25) is 0 Å². The van der Waals surface area contributed by atoms with E-state index in [2.05, 4.69) is 27.3 Å². The topological polar surface area (TPSA) is 80.0 Å². The van der Waals surface area contributed by atoms with Crippen LogP contribution in [0.15, 0.2) is 66.7 Å². The summed E-state index contributed by atoms with van der Waals surface area (Å²) in [6, 6.07) is 21.4. The third-order valence-corrected chi connectivity index (χ3v) is 7.68. The van der Waals surface area contributed by atoms with Gasteiger partial charge < -0.3 is 9.51 Å². The number of hydrogen-bond acceptors (Lipinski definition) is 4. The van der Waals surface area contributed by atoms with Gasteiger partial charge in [0.25, 0.3) is 0 Å². The van der Waals surface area contributed by atoms with Crippen molar-refractivity contribution < 1.29 is 13.6 Å². The maximum absolute atomic E-state index is 13.7. The first-order valence-electron chi connectivity index (χ1n) is 9.97. The summed E-state index contributed by atoms with van der Waals surface area (Å²) >= 11 is 0. The number of aromatic nitrogens is 3. The normalized spacial score (nSPS) is 13.5. The Kier molecular flexibility index (Phi) is 4.69. The summed E-state index contributed by atoms with van der Waals surface area (Å²) in [6.07, 6.45) is 0. The second-order valence-electron chi connectivity index (χ2n) is 7.56. The summed E-state index contributed by atoms with van der Waals surface area (Å²) in [4.78, 5) is 3.41. The van der Waals surface area contributed by atoms with Crippen LogP contribution in [0, 0.1) is 13.8 Å². The zero-order chi connectivity index (χ0) is 21.6. The van der Waals surface area contributed by atoms with Crippen molar-refractivity contribution >= 4 is 34.7 Å². The molecule has 0 radical (unpaired) electrons. The van der Waals surface area contributed by atoms with Crippen molar-refractivity contribution in [3.05, 3.63) is 77.9 Å². The van der Waals surface area contributed by atoms with Crippen LogP contribution in [0.5, 0.6) is 5.75 Å². The van der Waals surface area contributed by atoms with E-state index >= 15 is 0 Å². The summed E-state index contributed by atoms with van der Waals surface area (Å²) in [5, 5.41) is 10.1. The minimum atomic E-state index is -3.56. The van der Waals surface area contributed by atoms with Gasteiger partial charge in [0, 0.05) is 23.4 Å². The predicted octanol–water partition coefficient (Wildman–Crippen LogP) is 5.87. The third-order valence-electron chi connectivity index (χ3n) is 5.50. The van der Waals surface area contributed by atoms with Gasteiger partial charge in [0.15, 0.2) is 0 Å². The Morgan fingerprint density at radius 1 is 0.903 bits per heavy atom. The molecule has 6 nitrogen and oxygen atoms in total. The molecule has 0 aliphatic carbocycles. The molecule has 0 amide bonds. The van der Waals surface area contributed by atoms with Crippen molar-refractivity contribution in [1.82, 2.24) is 15.2 Å². The molecule has 2 heterocycles. The first-order valence-corrected chi connectivity index (χ1v) is 11.5. The van der Waals surface area contributed by atoms with E-state index in [-0.39, 0.29) is 0 Å². The van der Waals surface area contributed by atoms with E-state index in [9.17, 15) is 4.57 Å². The molecule has 0 aliphatic heterocycles. The quantitative estimate of drug-likeness (QED) is 0.341. The van der Waals surface area contributed by atoms with Crippen molar-refractivity contribution in [3.63, 3.8) is 0 Å². The fraction of sp³-hybridized carbons (Fsp3) is 0.125. The van der Waals surface area contributed by atoms with Crippen LogP contribution in [-0.4, -0.2) is 22.3 Å². The second kappa shape index (κ2) is 7.41. The van der Waals surface area contributed by atoms with E-state index in [0.717, 1.165) is 44.3 Å². The Balaban J connectivity index is 1.58. The Labute approximate surface area is 179 Å². The summed E-state index contributed by atoms with van der Waals surface area (Å²) in [5.74, 6) is 0.457. The number of aryl methyl sites for hydroxylation is 2. The number of para-hydroxylation sites is 1. The van der Waals surface area contributed by atoms with Gasteiger partial charge in [0.1, 0.15) is 11.4 Å². The summed E-state index contributed by atoms with van der Waals surface area (Å²) in [6.45, 7) is 3.81. The van der Waals surface area contributed by atoms with E-state index < -0.39 is 7.60 Å². The highest BCUT2D eigenvalue weighted by molar-refractivity contribution is 7.62. The lowest BCUT2D eigenvalue weighted by Crippen LogP contribution is -2.17. The zero-order valence-electron chi connectivity index (χ0n) is 17.5. The number of aromatic amines is 2. The van der Waals surface area contributed by atoms with Gasteiger partial charge >= 0.3 is 7.60 Å². The average Bonchev–Trinajstić information content (AvgIpc) is 3.37. The van der Waals surface area contributed by atoms with E-state index in [1.54, 1.807) is 6.07 Å². The van der Waals surface area contributed by atoms with Gasteiger partial charge in [-0.1, -0.05) is 36.4 Å². The molecule has 1 atom stereocenters. The van der Waals surface area contributed by atoms with Gasteiger partial charge in [0.2, 0.25) is 0 Å². The van der Waals surface area contributed by atoms with Crippen LogP contribution in [0.3, 0.4) is 0 Å². The van der Waals surface area contributed by atoms with Gasteiger partial charge in [-0.05, 0) is 55.3 Å². The highest BCUT2D eigenvalue weighted by Crippen LogP contribution is 2.48. The number of nitrogens with one attached hydrogen (secondary N) is 2. The first kappa shape index (κ1) is 19.6. The van der Waals surface area contributed by atoms with Gasteiger partial charge in [-0.25, -0.2) is 4.57 Å². The van der Waals surface area contributed by atoms with Crippen LogP contribution in [0.1, 0.15) is 11.1 Å². The minimum Gasteiger partial charge on any atom is -0.421 e. The lowest BCUT2D eigenvalue weighted by molar-refractivity contribution is 0.333. The van der Waals surface area contributed by atoms with Gasteiger partial charge in [0.05, 0.1) is 16.5 Å². The molecule has 0 saturated carbocycles. The smallest absolute Gasteiger partial charge is 0.411 e. The molecule has 5 rings (SSSR count). The molecule has 0 bridgehead atoms. The second-order valence-corrected chi connectivity index (χ2v) is 9.55. The van der Waals surface area contributed by atoms with Gasteiger partial charge in [-0.2, -0.15) is 5.10 Å². The summed E-state index contributed by atoms with van der Waals surface area (Å²) in [5.41, 5.74) is 5.31. The number of hydrogen-bond donors (Lipinski definition) is 2. The van der Waals surface area contributed by atoms with Crippen molar-refractivity contribution in [1.29, 1.82) is 0 Å². The van der Waals surface area contributed by atoms with Crippen LogP contribution in [0.4, 0.5) is 0 Å². The molecular formula is C24H22N3O3P. The SMILES string of the molecule is COP(=O)(Oc1ccc2[nH]nc(-c3cc4ccccc4[nH]3)c2c1)c1c(C)cccc1C. The molecular weight excluding hydrogens is 409 g/mol. The Morgan fingerprint density at radius 2 is 1.68 bits per heavy atom. The number of fused-ring (bicyclic) bond motifs is 2. The molecule has 2 aromatic heterocycles. The highest BCUT2D eigenvalue weighted by atomic mass is 31.2. The fourth-order valence-electron chi connectivity index (χ4n) is 4.01. The molecule has 1 unspecified atom stereocenters. The fourth-order valence-corrected chi connectivity index (χ4v) is 5.76. The van der Waals surface area contributed by atoms with E-state index in [1.165, 1.54) is 7.11 Å². The molecule has 31 heavy (non-hydrogen) atoms. The predicted molar refractivity (Wildman–Crippen MR) is 124 cm³/mol. The van der Waals surface area contributed by atoms with Crippen molar-refractivity contribution in [3.8, 4) is 17.1 Å². The maximum Gasteiger partial charge on any atom is 0.411 e. The monoisotopic (exact) mass is 431 g/mol. The molecule has 0 saturated heterocycles. The maximum atomic E-state index is 13.7. The lowest BCUT2D eigenvalue weighted by Gasteiger charge is -2.21. The van der Waals surface area contributed by atoms with Crippen LogP contribution < -0.4 is 9.83 Å². The highest BCUT2D eigenvalue weighted by Gasteiger charge is 2.31. The molecule has 3 aromatic carbocycles. The standard InChI is InChI=1S/C24H22N3O3P/c1-15-7-6-8-16(2)24(15)31(28,29-3)30-18-11-12-21-19(14-18)23(27-26-21)22-13-17-9-4-5-10-20(17)25-22/h4-14,25H,1-3H3,(H,26,27). The van der Waals surface area contributed by atoms with Crippen molar-refractivity contribution in [2.75, 3.05) is 7.11 Å². The first-order chi connectivity index (χ1) is 15.0.